The number of hydrogen-bond acceptors (Lipinski definition) is 4. The van der Waals surface area contributed by atoms with Gasteiger partial charge >= 0.3 is 5.97 Å². The van der Waals surface area contributed by atoms with Crippen LogP contribution in [0.25, 0.3) is 0 Å². The van der Waals surface area contributed by atoms with Crippen molar-refractivity contribution >= 4 is 11.9 Å². The summed E-state index contributed by atoms with van der Waals surface area (Å²) in [6.07, 6.45) is 0. The monoisotopic (exact) mass is 244 g/mol. The van der Waals surface area contributed by atoms with Crippen molar-refractivity contribution in [3.8, 4) is 0 Å². The summed E-state index contributed by atoms with van der Waals surface area (Å²) in [5.74, 6) is -0.556. The molecule has 0 aliphatic carbocycles. The van der Waals surface area contributed by atoms with Gasteiger partial charge in [0.1, 0.15) is 6.54 Å². The van der Waals surface area contributed by atoms with Crippen LogP contribution in [0.3, 0.4) is 0 Å². The zero-order valence-corrected chi connectivity index (χ0v) is 11.4. The predicted octanol–water partition coefficient (Wildman–Crippen LogP) is 0.770. The van der Waals surface area contributed by atoms with Crippen molar-refractivity contribution in [2.75, 3.05) is 13.2 Å². The van der Waals surface area contributed by atoms with Crippen LogP contribution in [-0.4, -0.2) is 42.0 Å². The summed E-state index contributed by atoms with van der Waals surface area (Å²) in [7, 11) is 0. The summed E-state index contributed by atoms with van der Waals surface area (Å²) in [6.45, 7) is 9.48. The summed E-state index contributed by atoms with van der Waals surface area (Å²) in [5, 5.41) is 0. The van der Waals surface area contributed by atoms with Gasteiger partial charge in [-0.15, -0.1) is 0 Å². The summed E-state index contributed by atoms with van der Waals surface area (Å²) < 4.78 is 4.84. The quantitative estimate of drug-likeness (QED) is 0.700. The van der Waals surface area contributed by atoms with E-state index in [0.717, 1.165) is 0 Å². The largest absolute Gasteiger partial charge is 0.465 e. The zero-order valence-electron chi connectivity index (χ0n) is 11.4. The van der Waals surface area contributed by atoms with Crippen molar-refractivity contribution in [3.63, 3.8) is 0 Å². The van der Waals surface area contributed by atoms with E-state index in [2.05, 4.69) is 0 Å². The number of nitrogens with two attached hydrogens (primary N) is 1. The highest BCUT2D eigenvalue weighted by Gasteiger charge is 2.27. The molecule has 5 nitrogen and oxygen atoms in total. The molecule has 0 bridgehead atoms. The Hall–Kier alpha value is -1.10. The minimum Gasteiger partial charge on any atom is -0.465 e. The van der Waals surface area contributed by atoms with E-state index in [4.69, 9.17) is 10.5 Å². The van der Waals surface area contributed by atoms with E-state index >= 15 is 0 Å². The molecule has 0 radical (unpaired) electrons. The van der Waals surface area contributed by atoms with Crippen LogP contribution >= 0.6 is 0 Å². The second-order valence-corrected chi connectivity index (χ2v) is 4.63. The normalized spacial score (nSPS) is 12.7. The number of amides is 1. The average molecular weight is 244 g/mol. The average Bonchev–Trinajstić information content (AvgIpc) is 2.23. The number of carbonyl (C=O) groups is 2. The molecule has 0 saturated carbocycles. The maximum absolute atomic E-state index is 12.1. The highest BCUT2D eigenvalue weighted by atomic mass is 16.5. The van der Waals surface area contributed by atoms with Crippen LogP contribution in [0.4, 0.5) is 0 Å². The van der Waals surface area contributed by atoms with Crippen molar-refractivity contribution in [2.45, 2.75) is 46.7 Å². The maximum Gasteiger partial charge on any atom is 0.325 e. The minimum absolute atomic E-state index is 0.0369. The first-order valence-corrected chi connectivity index (χ1v) is 6.02. The number of nitrogens with zero attached hydrogens (tertiary/aromatic N) is 1. The minimum atomic E-state index is -0.577. The van der Waals surface area contributed by atoms with Gasteiger partial charge in [-0.25, -0.2) is 0 Å². The van der Waals surface area contributed by atoms with Gasteiger partial charge in [0, 0.05) is 6.04 Å². The summed E-state index contributed by atoms with van der Waals surface area (Å²) in [6, 6.07) is -0.650. The predicted molar refractivity (Wildman–Crippen MR) is 66.3 cm³/mol. The molecule has 0 aromatic rings. The Labute approximate surface area is 103 Å². The first kappa shape index (κ1) is 15.9. The summed E-state index contributed by atoms with van der Waals surface area (Å²) >= 11 is 0. The third-order valence-electron chi connectivity index (χ3n) is 2.51. The van der Waals surface area contributed by atoms with Gasteiger partial charge < -0.3 is 15.4 Å². The molecule has 0 heterocycles. The molecule has 1 amide bonds. The van der Waals surface area contributed by atoms with Gasteiger partial charge in [-0.3, -0.25) is 9.59 Å². The molecule has 0 aliphatic rings. The molecule has 0 aromatic carbocycles. The molecule has 17 heavy (non-hydrogen) atoms. The van der Waals surface area contributed by atoms with E-state index in [-0.39, 0.29) is 24.4 Å². The lowest BCUT2D eigenvalue weighted by molar-refractivity contribution is -0.150. The fourth-order valence-electron chi connectivity index (χ4n) is 1.34. The van der Waals surface area contributed by atoms with Crippen LogP contribution in [0.5, 0.6) is 0 Å². The van der Waals surface area contributed by atoms with Crippen molar-refractivity contribution in [2.24, 2.45) is 11.7 Å². The van der Waals surface area contributed by atoms with Gasteiger partial charge in [0.25, 0.3) is 0 Å². The van der Waals surface area contributed by atoms with Gasteiger partial charge in [-0.1, -0.05) is 13.8 Å². The van der Waals surface area contributed by atoms with E-state index in [9.17, 15) is 9.59 Å². The fraction of sp³-hybridized carbons (Fsp3) is 0.833. The van der Waals surface area contributed by atoms with E-state index in [1.165, 1.54) is 4.90 Å². The van der Waals surface area contributed by atoms with Gasteiger partial charge in [0.2, 0.25) is 5.91 Å². The number of ether oxygens (including phenoxy) is 1. The van der Waals surface area contributed by atoms with Crippen molar-refractivity contribution in [3.05, 3.63) is 0 Å². The molecule has 5 heteroatoms. The van der Waals surface area contributed by atoms with E-state index in [1.54, 1.807) is 6.92 Å². The standard InChI is InChI=1S/C12H24N2O3/c1-6-17-10(15)7-14(9(4)5)12(16)11(13)8(2)3/h8-9,11H,6-7,13H2,1-5H3. The van der Waals surface area contributed by atoms with Crippen LogP contribution < -0.4 is 5.73 Å². The van der Waals surface area contributed by atoms with Crippen LogP contribution in [0, 0.1) is 5.92 Å². The Morgan fingerprint density at radius 2 is 1.76 bits per heavy atom. The summed E-state index contributed by atoms with van der Waals surface area (Å²) in [4.78, 5) is 24.9. The van der Waals surface area contributed by atoms with Gasteiger partial charge in [-0.05, 0) is 26.7 Å². The third kappa shape index (κ3) is 5.17. The second-order valence-electron chi connectivity index (χ2n) is 4.63. The van der Waals surface area contributed by atoms with Crippen LogP contribution in [0.2, 0.25) is 0 Å². The molecule has 0 aromatic heterocycles. The molecule has 100 valence electrons. The smallest absolute Gasteiger partial charge is 0.325 e. The van der Waals surface area contributed by atoms with Crippen LogP contribution in [-0.2, 0) is 14.3 Å². The maximum atomic E-state index is 12.1. The van der Waals surface area contributed by atoms with Crippen LogP contribution in [0.15, 0.2) is 0 Å². The highest BCUT2D eigenvalue weighted by molar-refractivity contribution is 5.86. The van der Waals surface area contributed by atoms with Gasteiger partial charge in [0.15, 0.2) is 0 Å². The lowest BCUT2D eigenvalue weighted by Crippen LogP contribution is -2.51. The van der Waals surface area contributed by atoms with Gasteiger partial charge in [-0.2, -0.15) is 0 Å². The van der Waals surface area contributed by atoms with Crippen molar-refractivity contribution < 1.29 is 14.3 Å². The second kappa shape index (κ2) is 7.27. The SMILES string of the molecule is CCOC(=O)CN(C(=O)C(N)C(C)C)C(C)C. The Bertz CT molecular complexity index is 264. The van der Waals surface area contributed by atoms with E-state index in [1.807, 2.05) is 27.7 Å². The molecule has 0 aliphatic heterocycles. The zero-order chi connectivity index (χ0) is 13.6. The molecule has 2 N–H and O–H groups in total. The van der Waals surface area contributed by atoms with Crippen molar-refractivity contribution in [1.82, 2.24) is 4.90 Å². The Morgan fingerprint density at radius 3 is 2.12 bits per heavy atom. The first-order chi connectivity index (χ1) is 7.81. The molecule has 0 fully saturated rings. The fourth-order valence-corrected chi connectivity index (χ4v) is 1.34. The first-order valence-electron chi connectivity index (χ1n) is 6.02. The third-order valence-corrected chi connectivity index (χ3v) is 2.51. The number of hydrogen-bond donors (Lipinski definition) is 1. The lowest BCUT2D eigenvalue weighted by Gasteiger charge is -2.29. The number of rotatable bonds is 6. The Morgan fingerprint density at radius 1 is 1.24 bits per heavy atom. The van der Waals surface area contributed by atoms with Gasteiger partial charge in [0.05, 0.1) is 12.6 Å². The molecule has 0 rings (SSSR count). The summed E-state index contributed by atoms with van der Waals surface area (Å²) in [5.41, 5.74) is 5.81. The van der Waals surface area contributed by atoms with Crippen LogP contribution in [0.1, 0.15) is 34.6 Å². The molecular weight excluding hydrogens is 220 g/mol. The molecule has 0 spiro atoms. The topological polar surface area (TPSA) is 72.6 Å². The number of carbonyl (C=O) groups excluding carboxylic acids is 2. The highest BCUT2D eigenvalue weighted by Crippen LogP contribution is 2.07. The van der Waals surface area contributed by atoms with E-state index in [0.29, 0.717) is 6.61 Å². The molecule has 1 atom stereocenters. The molecular formula is C12H24N2O3. The van der Waals surface area contributed by atoms with Crippen molar-refractivity contribution in [1.29, 1.82) is 0 Å². The molecule has 0 saturated heterocycles. The Balaban J connectivity index is 4.63. The number of esters is 1. The Kier molecular flexibility index (Phi) is 6.80. The lowest BCUT2D eigenvalue weighted by atomic mass is 10.0. The van der Waals surface area contributed by atoms with E-state index < -0.39 is 12.0 Å². The molecule has 1 unspecified atom stereocenters.